The Morgan fingerprint density at radius 2 is 2.24 bits per heavy atom. The van der Waals surface area contributed by atoms with Gasteiger partial charge >= 0.3 is 5.97 Å². The number of rotatable bonds is 5. The molecule has 0 saturated heterocycles. The lowest BCUT2D eigenvalue weighted by Gasteiger charge is -2.14. The predicted octanol–water partition coefficient (Wildman–Crippen LogP) is 2.17. The number of phenolic OH excluding ortho intramolecular Hbond substituents is 1. The summed E-state index contributed by atoms with van der Waals surface area (Å²) in [6.07, 6.45) is -0.369. The molecule has 0 spiro atoms. The van der Waals surface area contributed by atoms with Crippen molar-refractivity contribution in [1.82, 2.24) is 0 Å². The number of carbonyl (C=O) groups excluding carboxylic acids is 1. The number of esters is 1. The minimum absolute atomic E-state index is 0.0869. The summed E-state index contributed by atoms with van der Waals surface area (Å²) in [5.74, 6) is -0.331. The van der Waals surface area contributed by atoms with E-state index < -0.39 is 12.1 Å². The van der Waals surface area contributed by atoms with Crippen LogP contribution in [0.1, 0.15) is 12.5 Å². The van der Waals surface area contributed by atoms with Gasteiger partial charge < -0.3 is 14.6 Å². The summed E-state index contributed by atoms with van der Waals surface area (Å²) in [7, 11) is 1.44. The van der Waals surface area contributed by atoms with Gasteiger partial charge in [0.15, 0.2) is 6.10 Å². The number of aromatic hydroxyl groups is 1. The quantitative estimate of drug-likeness (QED) is 0.823. The van der Waals surface area contributed by atoms with Gasteiger partial charge in [-0.05, 0) is 24.6 Å². The Bertz CT molecular complexity index is 392. The first-order chi connectivity index (χ1) is 8.08. The van der Waals surface area contributed by atoms with Crippen LogP contribution in [0.25, 0.3) is 0 Å². The van der Waals surface area contributed by atoms with Crippen molar-refractivity contribution in [3.05, 3.63) is 28.8 Å². The maximum absolute atomic E-state index is 11.5. The Labute approximate surface area is 105 Å². The van der Waals surface area contributed by atoms with Gasteiger partial charge in [-0.1, -0.05) is 17.7 Å². The zero-order valence-electron chi connectivity index (χ0n) is 9.77. The van der Waals surface area contributed by atoms with Crippen molar-refractivity contribution in [3.63, 3.8) is 0 Å². The van der Waals surface area contributed by atoms with E-state index in [4.69, 9.17) is 21.1 Å². The van der Waals surface area contributed by atoms with E-state index in [1.807, 2.05) is 0 Å². The Kier molecular flexibility index (Phi) is 5.25. The van der Waals surface area contributed by atoms with Crippen molar-refractivity contribution >= 4 is 17.6 Å². The fourth-order valence-electron chi connectivity index (χ4n) is 1.40. The summed E-state index contributed by atoms with van der Waals surface area (Å²) in [5, 5.41) is 9.61. The van der Waals surface area contributed by atoms with Crippen LogP contribution in [-0.4, -0.2) is 30.9 Å². The van der Waals surface area contributed by atoms with Gasteiger partial charge in [0.1, 0.15) is 5.75 Å². The molecule has 17 heavy (non-hydrogen) atoms. The third kappa shape index (κ3) is 3.91. The Morgan fingerprint density at radius 3 is 2.76 bits per heavy atom. The van der Waals surface area contributed by atoms with Gasteiger partial charge in [-0.25, -0.2) is 4.79 Å². The molecule has 0 heterocycles. The second kappa shape index (κ2) is 6.47. The summed E-state index contributed by atoms with van der Waals surface area (Å²) in [4.78, 5) is 11.5. The molecule has 0 amide bonds. The molecule has 4 nitrogen and oxygen atoms in total. The zero-order valence-corrected chi connectivity index (χ0v) is 10.5. The van der Waals surface area contributed by atoms with E-state index >= 15 is 0 Å². The van der Waals surface area contributed by atoms with Gasteiger partial charge in [0, 0.05) is 18.6 Å². The second-order valence-electron chi connectivity index (χ2n) is 3.46. The van der Waals surface area contributed by atoms with Crippen LogP contribution in [0.4, 0.5) is 0 Å². The topological polar surface area (TPSA) is 55.8 Å². The van der Waals surface area contributed by atoms with Gasteiger partial charge in [0.25, 0.3) is 0 Å². The highest BCUT2D eigenvalue weighted by Gasteiger charge is 2.20. The van der Waals surface area contributed by atoms with E-state index in [0.717, 1.165) is 5.56 Å². The number of benzene rings is 1. The second-order valence-corrected chi connectivity index (χ2v) is 3.86. The third-order valence-electron chi connectivity index (χ3n) is 2.28. The largest absolute Gasteiger partial charge is 0.508 e. The lowest BCUT2D eigenvalue weighted by Crippen LogP contribution is -2.27. The molecule has 94 valence electrons. The maximum Gasteiger partial charge on any atom is 0.335 e. The minimum Gasteiger partial charge on any atom is -0.508 e. The predicted molar refractivity (Wildman–Crippen MR) is 64.3 cm³/mol. The lowest BCUT2D eigenvalue weighted by molar-refractivity contribution is -0.154. The first kappa shape index (κ1) is 13.8. The molecule has 0 saturated carbocycles. The van der Waals surface area contributed by atoms with E-state index in [1.165, 1.54) is 19.2 Å². The molecular formula is C12H15ClO4. The Balaban J connectivity index is 2.77. The molecular weight excluding hydrogens is 244 g/mol. The van der Waals surface area contributed by atoms with Gasteiger partial charge in [0.2, 0.25) is 0 Å². The standard InChI is InChI=1S/C12H15ClO4/c1-3-17-12(15)11(16-2)6-8-4-5-9(14)7-10(8)13/h4-5,7,11,14H,3,6H2,1-2H3. The number of ether oxygens (including phenoxy) is 2. The van der Waals surface area contributed by atoms with Crippen LogP contribution in [0.3, 0.4) is 0 Å². The molecule has 0 aliphatic carbocycles. The molecule has 1 aromatic rings. The fourth-order valence-corrected chi connectivity index (χ4v) is 1.65. The summed E-state index contributed by atoms with van der Waals surface area (Å²) >= 11 is 5.94. The third-order valence-corrected chi connectivity index (χ3v) is 2.63. The molecule has 0 radical (unpaired) electrons. The van der Waals surface area contributed by atoms with E-state index in [2.05, 4.69) is 0 Å². The first-order valence-electron chi connectivity index (χ1n) is 5.25. The van der Waals surface area contributed by atoms with Crippen LogP contribution in [0, 0.1) is 0 Å². The molecule has 1 atom stereocenters. The highest BCUT2D eigenvalue weighted by Crippen LogP contribution is 2.23. The maximum atomic E-state index is 11.5. The van der Waals surface area contributed by atoms with Crippen LogP contribution < -0.4 is 0 Å². The summed E-state index contributed by atoms with van der Waals surface area (Å²) < 4.78 is 9.93. The highest BCUT2D eigenvalue weighted by atomic mass is 35.5. The zero-order chi connectivity index (χ0) is 12.8. The SMILES string of the molecule is CCOC(=O)C(Cc1ccc(O)cc1Cl)OC. The number of halogens is 1. The van der Waals surface area contributed by atoms with Crippen molar-refractivity contribution in [3.8, 4) is 5.75 Å². The van der Waals surface area contributed by atoms with Crippen LogP contribution in [0.5, 0.6) is 5.75 Å². The summed E-state index contributed by atoms with van der Waals surface area (Å²) in [6.45, 7) is 2.04. The Morgan fingerprint density at radius 1 is 1.53 bits per heavy atom. The van der Waals surface area contributed by atoms with Crippen molar-refractivity contribution in [2.24, 2.45) is 0 Å². The number of hydrogen-bond acceptors (Lipinski definition) is 4. The number of phenols is 1. The van der Waals surface area contributed by atoms with Gasteiger partial charge in [0.05, 0.1) is 6.61 Å². The molecule has 0 bridgehead atoms. The average Bonchev–Trinajstić information content (AvgIpc) is 2.28. The van der Waals surface area contributed by atoms with Crippen molar-refractivity contribution in [2.45, 2.75) is 19.4 Å². The lowest BCUT2D eigenvalue weighted by atomic mass is 10.1. The van der Waals surface area contributed by atoms with Gasteiger partial charge in [-0.2, -0.15) is 0 Å². The molecule has 1 unspecified atom stereocenters. The molecule has 0 aliphatic heterocycles. The summed E-state index contributed by atoms with van der Waals surface area (Å²) in [5.41, 5.74) is 0.726. The van der Waals surface area contributed by atoms with E-state index in [9.17, 15) is 9.90 Å². The Hall–Kier alpha value is -1.26. The van der Waals surface area contributed by atoms with Crippen LogP contribution in [0.2, 0.25) is 5.02 Å². The van der Waals surface area contributed by atoms with Crippen LogP contribution in [0.15, 0.2) is 18.2 Å². The van der Waals surface area contributed by atoms with Crippen molar-refractivity contribution < 1.29 is 19.4 Å². The van der Waals surface area contributed by atoms with E-state index in [0.29, 0.717) is 18.1 Å². The molecule has 1 N–H and O–H groups in total. The summed E-state index contributed by atoms with van der Waals surface area (Å²) in [6, 6.07) is 4.59. The molecule has 0 fully saturated rings. The average molecular weight is 259 g/mol. The smallest absolute Gasteiger partial charge is 0.335 e. The minimum atomic E-state index is -0.683. The first-order valence-corrected chi connectivity index (χ1v) is 5.63. The van der Waals surface area contributed by atoms with Crippen molar-refractivity contribution in [2.75, 3.05) is 13.7 Å². The number of hydrogen-bond donors (Lipinski definition) is 1. The molecule has 5 heteroatoms. The van der Waals surface area contributed by atoms with Gasteiger partial charge in [-0.15, -0.1) is 0 Å². The van der Waals surface area contributed by atoms with E-state index in [1.54, 1.807) is 13.0 Å². The monoisotopic (exact) mass is 258 g/mol. The molecule has 0 aromatic heterocycles. The van der Waals surface area contributed by atoms with Crippen LogP contribution >= 0.6 is 11.6 Å². The van der Waals surface area contributed by atoms with E-state index in [-0.39, 0.29) is 5.75 Å². The normalized spacial score (nSPS) is 12.2. The highest BCUT2D eigenvalue weighted by molar-refractivity contribution is 6.31. The number of methoxy groups -OCH3 is 1. The van der Waals surface area contributed by atoms with Gasteiger partial charge in [-0.3, -0.25) is 0 Å². The van der Waals surface area contributed by atoms with Crippen LogP contribution in [-0.2, 0) is 20.7 Å². The molecule has 1 aromatic carbocycles. The fraction of sp³-hybridized carbons (Fsp3) is 0.417. The molecule has 0 aliphatic rings. The number of carbonyl (C=O) groups is 1. The molecule has 1 rings (SSSR count). The van der Waals surface area contributed by atoms with Crippen molar-refractivity contribution in [1.29, 1.82) is 0 Å².